The molecule has 76 valence electrons. The summed E-state index contributed by atoms with van der Waals surface area (Å²) in [6.07, 6.45) is 3.88. The minimum atomic E-state index is 1.28. The molecule has 3 heteroatoms. The molecule has 0 saturated heterocycles. The first-order valence-electron chi connectivity index (χ1n) is 4.77. The van der Waals surface area contributed by atoms with E-state index >= 15 is 0 Å². The van der Waals surface area contributed by atoms with Crippen molar-refractivity contribution in [1.82, 2.24) is 4.90 Å². The molecule has 0 aromatic heterocycles. The summed E-state index contributed by atoms with van der Waals surface area (Å²) in [7, 11) is 0. The first-order chi connectivity index (χ1) is 5.85. The van der Waals surface area contributed by atoms with Crippen molar-refractivity contribution in [2.24, 2.45) is 0 Å². The molecule has 0 rings (SSSR count). The van der Waals surface area contributed by atoms with Crippen molar-refractivity contribution in [3.8, 4) is 0 Å². The Morgan fingerprint density at radius 2 is 1.00 bits per heavy atom. The molecule has 12 heavy (non-hydrogen) atoms. The van der Waals surface area contributed by atoms with Crippen LogP contribution in [0.2, 0.25) is 0 Å². The zero-order valence-corrected chi connectivity index (χ0v) is 8.58. The molecule has 3 nitrogen and oxygen atoms in total. The summed E-state index contributed by atoms with van der Waals surface area (Å²) >= 11 is 0. The molecule has 0 heterocycles. The van der Waals surface area contributed by atoms with Gasteiger partial charge in [0.1, 0.15) is 0 Å². The zero-order valence-electron chi connectivity index (χ0n) is 8.58. The second kappa shape index (κ2) is 13.5. The SMILES string of the molecule is CCCN(CCC)CCC.OO. The maximum absolute atomic E-state index is 6.00. The van der Waals surface area contributed by atoms with E-state index in [1.807, 2.05) is 0 Å². The van der Waals surface area contributed by atoms with E-state index in [9.17, 15) is 0 Å². The highest BCUT2D eigenvalue weighted by Gasteiger charge is 1.98. The van der Waals surface area contributed by atoms with Crippen molar-refractivity contribution in [1.29, 1.82) is 0 Å². The van der Waals surface area contributed by atoms with Gasteiger partial charge in [-0.1, -0.05) is 20.8 Å². The number of hydrogen-bond acceptors (Lipinski definition) is 3. The monoisotopic (exact) mass is 177 g/mol. The summed E-state index contributed by atoms with van der Waals surface area (Å²) in [5, 5.41) is 12.0. The molecule has 0 radical (unpaired) electrons. The van der Waals surface area contributed by atoms with Crippen LogP contribution in [-0.2, 0) is 0 Å². The van der Waals surface area contributed by atoms with Crippen molar-refractivity contribution in [3.05, 3.63) is 0 Å². The maximum atomic E-state index is 6.00. The molecule has 0 aliphatic carbocycles. The van der Waals surface area contributed by atoms with E-state index < -0.39 is 0 Å². The Hall–Kier alpha value is -0.120. The lowest BCUT2D eigenvalue weighted by Gasteiger charge is -2.19. The van der Waals surface area contributed by atoms with Gasteiger partial charge < -0.3 is 4.90 Å². The van der Waals surface area contributed by atoms with Gasteiger partial charge in [-0.2, -0.15) is 0 Å². The van der Waals surface area contributed by atoms with E-state index in [0.29, 0.717) is 0 Å². The van der Waals surface area contributed by atoms with E-state index in [0.717, 1.165) is 0 Å². The van der Waals surface area contributed by atoms with Crippen LogP contribution in [0.1, 0.15) is 40.0 Å². The Labute approximate surface area is 75.9 Å². The molecule has 0 spiro atoms. The number of hydrogen-bond donors (Lipinski definition) is 2. The molecule has 0 amide bonds. The van der Waals surface area contributed by atoms with Gasteiger partial charge in [-0.05, 0) is 38.9 Å². The Morgan fingerprint density at radius 3 is 1.17 bits per heavy atom. The van der Waals surface area contributed by atoms with Crippen LogP contribution in [-0.4, -0.2) is 35.0 Å². The quantitative estimate of drug-likeness (QED) is 0.484. The summed E-state index contributed by atoms with van der Waals surface area (Å²) in [5.74, 6) is 0. The topological polar surface area (TPSA) is 43.7 Å². The molecule has 0 atom stereocenters. The largest absolute Gasteiger partial charge is 0.303 e. The first kappa shape index (κ1) is 14.4. The van der Waals surface area contributed by atoms with Gasteiger partial charge in [0.25, 0.3) is 0 Å². The predicted octanol–water partition coefficient (Wildman–Crippen LogP) is 2.54. The molecule has 0 aliphatic rings. The van der Waals surface area contributed by atoms with Gasteiger partial charge in [0, 0.05) is 0 Å². The van der Waals surface area contributed by atoms with Crippen molar-refractivity contribution < 1.29 is 10.5 Å². The van der Waals surface area contributed by atoms with Crippen LogP contribution < -0.4 is 0 Å². The molecular formula is C9H23NO2. The van der Waals surface area contributed by atoms with Gasteiger partial charge >= 0.3 is 0 Å². The average Bonchev–Trinajstić information content (AvgIpc) is 2.10. The fourth-order valence-corrected chi connectivity index (χ4v) is 1.28. The van der Waals surface area contributed by atoms with Gasteiger partial charge in [-0.15, -0.1) is 0 Å². The molecule has 2 N–H and O–H groups in total. The molecule has 0 fully saturated rings. The highest BCUT2D eigenvalue weighted by molar-refractivity contribution is 4.53. The van der Waals surface area contributed by atoms with E-state index in [1.165, 1.54) is 38.9 Å². The van der Waals surface area contributed by atoms with E-state index in [-0.39, 0.29) is 0 Å². The van der Waals surface area contributed by atoms with Crippen LogP contribution in [0.25, 0.3) is 0 Å². The lowest BCUT2D eigenvalue weighted by Crippen LogP contribution is -2.25. The lowest BCUT2D eigenvalue weighted by atomic mass is 10.3. The van der Waals surface area contributed by atoms with Crippen molar-refractivity contribution in [2.45, 2.75) is 40.0 Å². The van der Waals surface area contributed by atoms with Gasteiger partial charge in [-0.3, -0.25) is 10.5 Å². The molecule has 0 aliphatic heterocycles. The van der Waals surface area contributed by atoms with Crippen LogP contribution in [0.4, 0.5) is 0 Å². The Bertz CT molecular complexity index is 55.3. The maximum Gasteiger partial charge on any atom is -0.00214 e. The fraction of sp³-hybridized carbons (Fsp3) is 1.00. The highest BCUT2D eigenvalue weighted by Crippen LogP contribution is 1.94. The Morgan fingerprint density at radius 1 is 0.750 bits per heavy atom. The standard InChI is InChI=1S/C9H21N.H2O2/c1-4-7-10(8-5-2)9-6-3;1-2/h4-9H2,1-3H3;1-2H. The number of nitrogens with zero attached hydrogens (tertiary/aromatic N) is 1. The second-order valence-electron chi connectivity index (χ2n) is 2.84. The molecule has 0 saturated carbocycles. The normalized spacial score (nSPS) is 9.50. The minimum absolute atomic E-state index is 1.28. The zero-order chi connectivity index (χ0) is 9.82. The van der Waals surface area contributed by atoms with Crippen molar-refractivity contribution in [3.63, 3.8) is 0 Å². The molecule has 0 aromatic rings. The lowest BCUT2D eigenvalue weighted by molar-refractivity contribution is -0.176. The van der Waals surface area contributed by atoms with E-state index in [4.69, 9.17) is 10.5 Å². The minimum Gasteiger partial charge on any atom is -0.303 e. The first-order valence-corrected chi connectivity index (χ1v) is 4.77. The van der Waals surface area contributed by atoms with Crippen LogP contribution in [0.5, 0.6) is 0 Å². The Balaban J connectivity index is 0. The average molecular weight is 177 g/mol. The van der Waals surface area contributed by atoms with Crippen LogP contribution in [0, 0.1) is 0 Å². The van der Waals surface area contributed by atoms with Crippen LogP contribution in [0.15, 0.2) is 0 Å². The van der Waals surface area contributed by atoms with Crippen LogP contribution >= 0.6 is 0 Å². The smallest absolute Gasteiger partial charge is 0.00214 e. The number of rotatable bonds is 6. The van der Waals surface area contributed by atoms with Gasteiger partial charge in [0.15, 0.2) is 0 Å². The van der Waals surface area contributed by atoms with Gasteiger partial charge in [-0.25, -0.2) is 0 Å². The third kappa shape index (κ3) is 9.88. The molecule has 0 unspecified atom stereocenters. The summed E-state index contributed by atoms with van der Waals surface area (Å²) in [4.78, 5) is 2.54. The highest BCUT2D eigenvalue weighted by atomic mass is 17.0. The molecule has 0 bridgehead atoms. The third-order valence-corrected chi connectivity index (χ3v) is 1.62. The summed E-state index contributed by atoms with van der Waals surface area (Å²) in [6, 6.07) is 0. The van der Waals surface area contributed by atoms with Gasteiger partial charge in [0.2, 0.25) is 0 Å². The molecular weight excluding hydrogens is 154 g/mol. The van der Waals surface area contributed by atoms with E-state index in [1.54, 1.807) is 0 Å². The third-order valence-electron chi connectivity index (χ3n) is 1.62. The summed E-state index contributed by atoms with van der Waals surface area (Å²) in [6.45, 7) is 10.6. The van der Waals surface area contributed by atoms with Crippen molar-refractivity contribution in [2.75, 3.05) is 19.6 Å². The Kier molecular flexibility index (Phi) is 16.2. The van der Waals surface area contributed by atoms with Crippen molar-refractivity contribution >= 4 is 0 Å². The van der Waals surface area contributed by atoms with Gasteiger partial charge in [0.05, 0.1) is 0 Å². The predicted molar refractivity (Wildman–Crippen MR) is 52.6 cm³/mol. The molecule has 0 aromatic carbocycles. The van der Waals surface area contributed by atoms with Crippen LogP contribution in [0.3, 0.4) is 0 Å². The fourth-order valence-electron chi connectivity index (χ4n) is 1.28. The van der Waals surface area contributed by atoms with E-state index in [2.05, 4.69) is 25.7 Å². The second-order valence-corrected chi connectivity index (χ2v) is 2.84. The summed E-state index contributed by atoms with van der Waals surface area (Å²) < 4.78 is 0. The summed E-state index contributed by atoms with van der Waals surface area (Å²) in [5.41, 5.74) is 0.